The van der Waals surface area contributed by atoms with Crippen molar-refractivity contribution in [2.24, 2.45) is 5.92 Å². The van der Waals surface area contributed by atoms with Gasteiger partial charge in [0.25, 0.3) is 5.91 Å². The maximum absolute atomic E-state index is 12.9. The minimum absolute atomic E-state index is 0.0485. The molecule has 0 radical (unpaired) electrons. The third-order valence-corrected chi connectivity index (χ3v) is 5.37. The van der Waals surface area contributed by atoms with E-state index >= 15 is 0 Å². The van der Waals surface area contributed by atoms with Gasteiger partial charge in [0.15, 0.2) is 0 Å². The van der Waals surface area contributed by atoms with Gasteiger partial charge in [-0.25, -0.2) is 0 Å². The third-order valence-electron chi connectivity index (χ3n) is 5.37. The van der Waals surface area contributed by atoms with Gasteiger partial charge in [-0.3, -0.25) is 9.59 Å². The predicted octanol–water partition coefficient (Wildman–Crippen LogP) is 3.21. The van der Waals surface area contributed by atoms with E-state index in [1.54, 1.807) is 42.2 Å². The van der Waals surface area contributed by atoms with E-state index in [2.05, 4.69) is 0 Å². The molecule has 6 heteroatoms. The first-order valence-electron chi connectivity index (χ1n) is 9.83. The Hall–Kier alpha value is -3.02. The van der Waals surface area contributed by atoms with Crippen LogP contribution < -0.4 is 9.47 Å². The molecule has 1 heterocycles. The number of hydrogen-bond donors (Lipinski definition) is 0. The summed E-state index contributed by atoms with van der Waals surface area (Å²) >= 11 is 0. The van der Waals surface area contributed by atoms with E-state index < -0.39 is 0 Å². The fourth-order valence-electron chi connectivity index (χ4n) is 3.69. The number of benzene rings is 2. The number of nitrogens with zero attached hydrogens (tertiary/aromatic N) is 2. The molecule has 2 aromatic rings. The highest BCUT2D eigenvalue weighted by atomic mass is 16.5. The van der Waals surface area contributed by atoms with Gasteiger partial charge in [0.2, 0.25) is 5.91 Å². The summed E-state index contributed by atoms with van der Waals surface area (Å²) in [6.45, 7) is 1.73. The van der Waals surface area contributed by atoms with Crippen LogP contribution in [0.2, 0.25) is 0 Å². The molecular weight excluding hydrogens is 368 g/mol. The number of carbonyl (C=O) groups is 2. The second kappa shape index (κ2) is 9.45. The molecule has 1 saturated heterocycles. The predicted molar refractivity (Wildman–Crippen MR) is 111 cm³/mol. The molecule has 1 fully saturated rings. The topological polar surface area (TPSA) is 59.1 Å². The van der Waals surface area contributed by atoms with E-state index in [1.165, 1.54) is 0 Å². The second-order valence-electron chi connectivity index (χ2n) is 7.35. The van der Waals surface area contributed by atoms with Crippen LogP contribution in [0.4, 0.5) is 0 Å². The van der Waals surface area contributed by atoms with E-state index in [-0.39, 0.29) is 17.7 Å². The largest absolute Gasteiger partial charge is 0.497 e. The van der Waals surface area contributed by atoms with Crippen molar-refractivity contribution in [2.75, 3.05) is 34.4 Å². The molecule has 1 aliphatic rings. The van der Waals surface area contributed by atoms with Crippen LogP contribution in [-0.4, -0.2) is 56.0 Å². The maximum atomic E-state index is 12.9. The first-order valence-corrected chi connectivity index (χ1v) is 9.83. The fraction of sp³-hybridized carbons (Fsp3) is 0.391. The van der Waals surface area contributed by atoms with E-state index in [1.807, 2.05) is 37.4 Å². The zero-order valence-corrected chi connectivity index (χ0v) is 17.3. The third kappa shape index (κ3) is 5.08. The summed E-state index contributed by atoms with van der Waals surface area (Å²) in [7, 11) is 4.97. The van der Waals surface area contributed by atoms with E-state index in [9.17, 15) is 9.59 Å². The first-order chi connectivity index (χ1) is 14.0. The van der Waals surface area contributed by atoms with E-state index in [4.69, 9.17) is 9.47 Å². The molecule has 154 valence electrons. The smallest absolute Gasteiger partial charge is 0.254 e. The zero-order valence-electron chi connectivity index (χ0n) is 17.3. The van der Waals surface area contributed by atoms with Gasteiger partial charge in [-0.2, -0.15) is 0 Å². The normalized spacial score (nSPS) is 14.4. The summed E-state index contributed by atoms with van der Waals surface area (Å²) in [5, 5.41) is 0. The summed E-state index contributed by atoms with van der Waals surface area (Å²) < 4.78 is 10.5. The number of carbonyl (C=O) groups excluding carboxylic acids is 2. The van der Waals surface area contributed by atoms with Crippen LogP contribution in [-0.2, 0) is 11.3 Å². The summed E-state index contributed by atoms with van der Waals surface area (Å²) in [5.74, 6) is 1.20. The van der Waals surface area contributed by atoms with Crippen molar-refractivity contribution in [3.63, 3.8) is 0 Å². The van der Waals surface area contributed by atoms with Crippen LogP contribution >= 0.6 is 0 Å². The zero-order chi connectivity index (χ0) is 20.8. The van der Waals surface area contributed by atoms with Crippen LogP contribution in [0.25, 0.3) is 0 Å². The van der Waals surface area contributed by atoms with Crippen LogP contribution in [0.15, 0.2) is 48.5 Å². The van der Waals surface area contributed by atoms with Crippen molar-refractivity contribution in [1.29, 1.82) is 0 Å². The Labute approximate surface area is 172 Å². The monoisotopic (exact) mass is 396 g/mol. The SMILES string of the molecule is COc1cc(OC)cc(C(=O)N2CCC(C(=O)N(C)Cc3ccccc3)CC2)c1. The lowest BCUT2D eigenvalue weighted by Gasteiger charge is -2.33. The Morgan fingerprint density at radius 1 is 1.00 bits per heavy atom. The van der Waals surface area contributed by atoms with Crippen LogP contribution in [0.3, 0.4) is 0 Å². The van der Waals surface area contributed by atoms with Gasteiger partial charge in [-0.05, 0) is 30.5 Å². The van der Waals surface area contributed by atoms with Gasteiger partial charge in [0.05, 0.1) is 14.2 Å². The lowest BCUT2D eigenvalue weighted by Crippen LogP contribution is -2.43. The number of piperidine rings is 1. The van der Waals surface area contributed by atoms with E-state index in [0.29, 0.717) is 49.5 Å². The lowest BCUT2D eigenvalue weighted by atomic mass is 9.94. The summed E-state index contributed by atoms with van der Waals surface area (Å²) in [6, 6.07) is 15.1. The molecule has 0 atom stereocenters. The Kier molecular flexibility index (Phi) is 6.75. The molecule has 0 bridgehead atoms. The van der Waals surface area contributed by atoms with Crippen molar-refractivity contribution in [3.8, 4) is 11.5 Å². The molecule has 0 N–H and O–H groups in total. The molecule has 6 nitrogen and oxygen atoms in total. The van der Waals surface area contributed by atoms with Crippen molar-refractivity contribution in [1.82, 2.24) is 9.80 Å². The number of amides is 2. The minimum Gasteiger partial charge on any atom is -0.497 e. The van der Waals surface area contributed by atoms with Gasteiger partial charge >= 0.3 is 0 Å². The molecule has 0 aromatic heterocycles. The highest BCUT2D eigenvalue weighted by Crippen LogP contribution is 2.26. The highest BCUT2D eigenvalue weighted by molar-refractivity contribution is 5.95. The van der Waals surface area contributed by atoms with Crippen molar-refractivity contribution < 1.29 is 19.1 Å². The summed E-state index contributed by atoms with van der Waals surface area (Å²) in [6.07, 6.45) is 1.34. The first kappa shape index (κ1) is 20.7. The average molecular weight is 396 g/mol. The number of hydrogen-bond acceptors (Lipinski definition) is 4. The number of methoxy groups -OCH3 is 2. The molecule has 0 aliphatic carbocycles. The molecule has 2 amide bonds. The quantitative estimate of drug-likeness (QED) is 0.752. The molecule has 1 aliphatic heterocycles. The standard InChI is InChI=1S/C23H28N2O4/c1-24(16-17-7-5-4-6-8-17)22(26)18-9-11-25(12-10-18)23(27)19-13-20(28-2)15-21(14-19)29-3/h4-8,13-15,18H,9-12,16H2,1-3H3. The number of rotatable bonds is 6. The van der Waals surface area contributed by atoms with Crippen LogP contribution in [0.1, 0.15) is 28.8 Å². The molecule has 0 unspecified atom stereocenters. The number of ether oxygens (including phenoxy) is 2. The van der Waals surface area contributed by atoms with Crippen molar-refractivity contribution in [2.45, 2.75) is 19.4 Å². The van der Waals surface area contributed by atoms with Crippen molar-refractivity contribution in [3.05, 3.63) is 59.7 Å². The second-order valence-corrected chi connectivity index (χ2v) is 7.35. The Balaban J connectivity index is 1.58. The van der Waals surface area contributed by atoms with Crippen LogP contribution in [0.5, 0.6) is 11.5 Å². The van der Waals surface area contributed by atoms with Gasteiger partial charge in [-0.1, -0.05) is 30.3 Å². The molecule has 3 rings (SSSR count). The Morgan fingerprint density at radius 3 is 2.14 bits per heavy atom. The molecule has 0 spiro atoms. The fourth-order valence-corrected chi connectivity index (χ4v) is 3.69. The van der Waals surface area contributed by atoms with Crippen LogP contribution in [0, 0.1) is 5.92 Å². The van der Waals surface area contributed by atoms with Gasteiger partial charge in [0.1, 0.15) is 11.5 Å². The number of likely N-dealkylation sites (tertiary alicyclic amines) is 1. The molecular formula is C23H28N2O4. The summed E-state index contributed by atoms with van der Waals surface area (Å²) in [5.41, 5.74) is 1.65. The molecule has 2 aromatic carbocycles. The Morgan fingerprint density at radius 2 is 1.59 bits per heavy atom. The van der Waals surface area contributed by atoms with Gasteiger partial charge in [0, 0.05) is 44.2 Å². The maximum Gasteiger partial charge on any atom is 0.254 e. The van der Waals surface area contributed by atoms with E-state index in [0.717, 1.165) is 5.56 Å². The average Bonchev–Trinajstić information content (AvgIpc) is 2.78. The van der Waals surface area contributed by atoms with Gasteiger partial charge < -0.3 is 19.3 Å². The van der Waals surface area contributed by atoms with Gasteiger partial charge in [-0.15, -0.1) is 0 Å². The molecule has 0 saturated carbocycles. The van der Waals surface area contributed by atoms with Crippen molar-refractivity contribution >= 4 is 11.8 Å². The summed E-state index contributed by atoms with van der Waals surface area (Å²) in [4.78, 5) is 29.3. The Bertz CT molecular complexity index is 823. The minimum atomic E-state index is -0.0641. The highest BCUT2D eigenvalue weighted by Gasteiger charge is 2.29. The molecule has 29 heavy (non-hydrogen) atoms. The lowest BCUT2D eigenvalue weighted by molar-refractivity contribution is -0.136.